The molecule has 4 nitrogen and oxygen atoms in total. The summed E-state index contributed by atoms with van der Waals surface area (Å²) >= 11 is 0. The molecule has 0 aromatic heterocycles. The van der Waals surface area contributed by atoms with Crippen molar-refractivity contribution < 1.29 is 23.1 Å². The van der Waals surface area contributed by atoms with Gasteiger partial charge in [-0.05, 0) is 48.4 Å². The maximum Gasteiger partial charge on any atom is 0.416 e. The quantitative estimate of drug-likeness (QED) is 0.795. The molecule has 0 unspecified atom stereocenters. The summed E-state index contributed by atoms with van der Waals surface area (Å²) < 4.78 is 38.5. The Labute approximate surface area is 161 Å². The maximum absolute atomic E-state index is 12.8. The number of anilines is 1. The van der Waals surface area contributed by atoms with Gasteiger partial charge in [0.15, 0.2) is 0 Å². The number of likely N-dealkylation sites (tertiary alicyclic amines) is 1. The minimum Gasteiger partial charge on any atom is -0.385 e. The first-order valence-corrected chi connectivity index (χ1v) is 9.26. The van der Waals surface area contributed by atoms with Crippen LogP contribution in [0.5, 0.6) is 0 Å². The van der Waals surface area contributed by atoms with Gasteiger partial charge < -0.3 is 15.3 Å². The lowest BCUT2D eigenvalue weighted by molar-refractivity contribution is -0.137. The smallest absolute Gasteiger partial charge is 0.385 e. The van der Waals surface area contributed by atoms with E-state index in [4.69, 9.17) is 0 Å². The van der Waals surface area contributed by atoms with Gasteiger partial charge in [0.2, 0.25) is 0 Å². The van der Waals surface area contributed by atoms with Crippen LogP contribution in [-0.2, 0) is 11.8 Å². The minimum absolute atomic E-state index is 0.123. The molecule has 2 fully saturated rings. The van der Waals surface area contributed by atoms with Gasteiger partial charge in [0.25, 0.3) is 0 Å². The largest absolute Gasteiger partial charge is 0.416 e. The number of urea groups is 1. The normalized spacial score (nSPS) is 26.9. The number of alkyl halides is 3. The molecule has 0 spiro atoms. The number of halogens is 3. The molecule has 1 aliphatic heterocycles. The molecule has 0 radical (unpaired) electrons. The van der Waals surface area contributed by atoms with Crippen molar-refractivity contribution in [2.45, 2.75) is 24.6 Å². The van der Waals surface area contributed by atoms with Gasteiger partial charge in [-0.25, -0.2) is 4.79 Å². The number of nitrogens with one attached hydrogen (secondary N) is 1. The highest BCUT2D eigenvalue weighted by atomic mass is 19.4. The standard InChI is InChI=1S/C21H21F3N2O2/c22-21(23,24)17-7-4-8-18(9-17)25-19(27)26-12-14-10-20(28,11-15(14)13-26)16-5-2-1-3-6-16/h1-9,14-15,28H,10-13H2,(H,25,27)/t14-,15+,20-. The Morgan fingerprint density at radius 3 is 2.29 bits per heavy atom. The van der Waals surface area contributed by atoms with Crippen molar-refractivity contribution in [1.82, 2.24) is 4.90 Å². The van der Waals surface area contributed by atoms with E-state index in [1.165, 1.54) is 12.1 Å². The summed E-state index contributed by atoms with van der Waals surface area (Å²) in [6.45, 7) is 0.981. The lowest BCUT2D eigenvalue weighted by Crippen LogP contribution is -2.35. The van der Waals surface area contributed by atoms with Crippen LogP contribution < -0.4 is 5.32 Å². The number of aliphatic hydroxyl groups is 1. The maximum atomic E-state index is 12.8. The average molecular weight is 390 g/mol. The van der Waals surface area contributed by atoms with Crippen molar-refractivity contribution in [1.29, 1.82) is 0 Å². The summed E-state index contributed by atoms with van der Waals surface area (Å²) in [5.74, 6) is 0.356. The number of hydrogen-bond acceptors (Lipinski definition) is 2. The second kappa shape index (κ2) is 6.81. The molecule has 2 amide bonds. The number of nitrogens with zero attached hydrogens (tertiary/aromatic N) is 1. The van der Waals surface area contributed by atoms with Crippen LogP contribution in [0.1, 0.15) is 24.0 Å². The molecule has 1 saturated carbocycles. The number of amides is 2. The molecule has 2 aromatic rings. The molecule has 2 N–H and O–H groups in total. The van der Waals surface area contributed by atoms with E-state index in [2.05, 4.69) is 5.32 Å². The van der Waals surface area contributed by atoms with E-state index in [1.807, 2.05) is 30.3 Å². The fourth-order valence-corrected chi connectivity index (χ4v) is 4.48. The van der Waals surface area contributed by atoms with Gasteiger partial charge in [0, 0.05) is 18.8 Å². The van der Waals surface area contributed by atoms with Crippen molar-refractivity contribution in [2.24, 2.45) is 11.8 Å². The summed E-state index contributed by atoms with van der Waals surface area (Å²) in [4.78, 5) is 14.1. The molecule has 0 bridgehead atoms. The molecule has 2 aliphatic rings. The van der Waals surface area contributed by atoms with Gasteiger partial charge in [0.1, 0.15) is 0 Å². The monoisotopic (exact) mass is 390 g/mol. The van der Waals surface area contributed by atoms with Crippen LogP contribution in [0.2, 0.25) is 0 Å². The van der Waals surface area contributed by atoms with Gasteiger partial charge in [-0.3, -0.25) is 0 Å². The summed E-state index contributed by atoms with van der Waals surface area (Å²) in [6.07, 6.45) is -3.29. The van der Waals surface area contributed by atoms with E-state index in [1.54, 1.807) is 4.90 Å². The van der Waals surface area contributed by atoms with Crippen LogP contribution in [0.4, 0.5) is 23.7 Å². The van der Waals surface area contributed by atoms with Gasteiger partial charge in [0.05, 0.1) is 11.2 Å². The minimum atomic E-state index is -4.45. The third-order valence-electron chi connectivity index (χ3n) is 5.82. The van der Waals surface area contributed by atoms with Crippen molar-refractivity contribution in [3.8, 4) is 0 Å². The lowest BCUT2D eigenvalue weighted by atomic mass is 9.90. The molecule has 1 heterocycles. The number of fused-ring (bicyclic) bond motifs is 1. The molecular formula is C21H21F3N2O2. The molecule has 7 heteroatoms. The molecule has 1 aliphatic carbocycles. The number of carbonyl (C=O) groups is 1. The fourth-order valence-electron chi connectivity index (χ4n) is 4.48. The second-order valence-electron chi connectivity index (χ2n) is 7.74. The van der Waals surface area contributed by atoms with Crippen LogP contribution >= 0.6 is 0 Å². The van der Waals surface area contributed by atoms with Crippen LogP contribution in [0, 0.1) is 11.8 Å². The van der Waals surface area contributed by atoms with Crippen molar-refractivity contribution in [2.75, 3.05) is 18.4 Å². The predicted molar refractivity (Wildman–Crippen MR) is 98.6 cm³/mol. The van der Waals surface area contributed by atoms with Crippen molar-refractivity contribution in [3.05, 3.63) is 65.7 Å². The first kappa shape index (κ1) is 18.8. The second-order valence-corrected chi connectivity index (χ2v) is 7.74. The number of rotatable bonds is 2. The predicted octanol–water partition coefficient (Wildman–Crippen LogP) is 4.47. The average Bonchev–Trinajstić information content (AvgIpc) is 3.18. The van der Waals surface area contributed by atoms with Crippen LogP contribution in [0.25, 0.3) is 0 Å². The summed E-state index contributed by atoms with van der Waals surface area (Å²) in [7, 11) is 0. The molecule has 28 heavy (non-hydrogen) atoms. The Morgan fingerprint density at radius 1 is 1.04 bits per heavy atom. The van der Waals surface area contributed by atoms with E-state index < -0.39 is 23.4 Å². The molecular weight excluding hydrogens is 369 g/mol. The third-order valence-corrected chi connectivity index (χ3v) is 5.82. The zero-order valence-corrected chi connectivity index (χ0v) is 15.1. The summed E-state index contributed by atoms with van der Waals surface area (Å²) in [5, 5.41) is 13.6. The first-order chi connectivity index (χ1) is 13.2. The fraction of sp³-hybridized carbons (Fsp3) is 0.381. The Kier molecular flexibility index (Phi) is 4.57. The Bertz CT molecular complexity index is 855. The van der Waals surface area contributed by atoms with E-state index in [0.29, 0.717) is 25.9 Å². The van der Waals surface area contributed by atoms with Gasteiger partial charge in [-0.2, -0.15) is 13.2 Å². The highest BCUT2D eigenvalue weighted by molar-refractivity contribution is 5.89. The highest BCUT2D eigenvalue weighted by Gasteiger charge is 2.49. The van der Waals surface area contributed by atoms with Crippen LogP contribution in [-0.4, -0.2) is 29.1 Å². The summed E-state index contributed by atoms with van der Waals surface area (Å²) in [5.41, 5.74) is -0.654. The third kappa shape index (κ3) is 3.58. The van der Waals surface area contributed by atoms with E-state index in [9.17, 15) is 23.1 Å². The number of carbonyl (C=O) groups excluding carboxylic acids is 1. The molecule has 148 valence electrons. The van der Waals surface area contributed by atoms with Crippen molar-refractivity contribution in [3.63, 3.8) is 0 Å². The SMILES string of the molecule is O=C(Nc1cccc(C(F)(F)F)c1)N1C[C@@H]2C[C@@](O)(c3ccccc3)C[C@@H]2C1. The van der Waals surface area contributed by atoms with E-state index in [-0.39, 0.29) is 17.5 Å². The zero-order chi connectivity index (χ0) is 19.9. The zero-order valence-electron chi connectivity index (χ0n) is 15.1. The van der Waals surface area contributed by atoms with Crippen LogP contribution in [0.15, 0.2) is 54.6 Å². The highest BCUT2D eigenvalue weighted by Crippen LogP contribution is 2.49. The molecule has 4 rings (SSSR count). The van der Waals surface area contributed by atoms with E-state index in [0.717, 1.165) is 17.7 Å². The van der Waals surface area contributed by atoms with Gasteiger partial charge in [-0.15, -0.1) is 0 Å². The van der Waals surface area contributed by atoms with Crippen LogP contribution in [0.3, 0.4) is 0 Å². The number of hydrogen-bond donors (Lipinski definition) is 2. The number of benzene rings is 2. The molecule has 3 atom stereocenters. The van der Waals surface area contributed by atoms with E-state index >= 15 is 0 Å². The Hall–Kier alpha value is -2.54. The lowest BCUT2D eigenvalue weighted by Gasteiger charge is -2.26. The van der Waals surface area contributed by atoms with Gasteiger partial charge >= 0.3 is 12.2 Å². The molecule has 1 saturated heterocycles. The van der Waals surface area contributed by atoms with Gasteiger partial charge in [-0.1, -0.05) is 36.4 Å². The Morgan fingerprint density at radius 2 is 1.68 bits per heavy atom. The molecule has 2 aromatic carbocycles. The first-order valence-electron chi connectivity index (χ1n) is 9.26. The summed E-state index contributed by atoms with van der Waals surface area (Å²) in [6, 6.07) is 13.8. The van der Waals surface area contributed by atoms with Crippen molar-refractivity contribution >= 4 is 11.7 Å². The topological polar surface area (TPSA) is 52.6 Å². The Balaban J connectivity index is 1.39.